The second kappa shape index (κ2) is 6.85. The molecule has 0 heterocycles. The van der Waals surface area contributed by atoms with E-state index in [-0.39, 0.29) is 6.61 Å². The zero-order chi connectivity index (χ0) is 12.5. The predicted molar refractivity (Wildman–Crippen MR) is 60.7 cm³/mol. The van der Waals surface area contributed by atoms with Crippen LogP contribution >= 0.6 is 0 Å². The van der Waals surface area contributed by atoms with Gasteiger partial charge < -0.3 is 9.47 Å². The van der Waals surface area contributed by atoms with Crippen LogP contribution in [0.5, 0.6) is 5.75 Å². The lowest BCUT2D eigenvalue weighted by molar-refractivity contribution is 0.171. The third-order valence-corrected chi connectivity index (χ3v) is 1.74. The van der Waals surface area contributed by atoms with Crippen molar-refractivity contribution in [3.63, 3.8) is 0 Å². The van der Waals surface area contributed by atoms with E-state index in [4.69, 9.17) is 10.00 Å². The van der Waals surface area contributed by atoms with Crippen molar-refractivity contribution in [2.45, 2.75) is 0 Å². The van der Waals surface area contributed by atoms with E-state index in [0.717, 1.165) is 5.56 Å². The molecule has 0 aliphatic carbocycles. The number of hydrazone groups is 1. The minimum atomic E-state index is -0.629. The Morgan fingerprint density at radius 3 is 2.82 bits per heavy atom. The molecule has 17 heavy (non-hydrogen) atoms. The zero-order valence-electron chi connectivity index (χ0n) is 9.21. The van der Waals surface area contributed by atoms with Gasteiger partial charge in [-0.15, -0.1) is 0 Å². The topological polar surface area (TPSA) is 83.7 Å². The zero-order valence-corrected chi connectivity index (χ0v) is 9.21. The van der Waals surface area contributed by atoms with Gasteiger partial charge >= 0.3 is 6.09 Å². The molecular formula is C11H11N3O3. The summed E-state index contributed by atoms with van der Waals surface area (Å²) in [5, 5.41) is 12.0. The number of rotatable bonds is 4. The normalized spacial score (nSPS) is 9.65. The van der Waals surface area contributed by atoms with E-state index in [1.807, 2.05) is 6.07 Å². The van der Waals surface area contributed by atoms with Gasteiger partial charge in [0.25, 0.3) is 0 Å². The van der Waals surface area contributed by atoms with Gasteiger partial charge in [-0.2, -0.15) is 10.4 Å². The van der Waals surface area contributed by atoms with Crippen molar-refractivity contribution >= 4 is 12.3 Å². The molecule has 0 saturated carbocycles. The number of carbonyl (C=O) groups excluding carboxylic acids is 1. The van der Waals surface area contributed by atoms with Gasteiger partial charge in [0.05, 0.1) is 13.3 Å². The van der Waals surface area contributed by atoms with E-state index >= 15 is 0 Å². The molecule has 1 aromatic rings. The molecule has 1 rings (SSSR count). The summed E-state index contributed by atoms with van der Waals surface area (Å²) in [5.41, 5.74) is 2.95. The van der Waals surface area contributed by atoms with Crippen molar-refractivity contribution in [2.75, 3.05) is 13.7 Å². The van der Waals surface area contributed by atoms with Gasteiger partial charge in [0.2, 0.25) is 0 Å². The first kappa shape index (κ1) is 12.5. The van der Waals surface area contributed by atoms with Crippen LogP contribution in [0, 0.1) is 11.3 Å². The van der Waals surface area contributed by atoms with Crippen LogP contribution in [0.15, 0.2) is 29.4 Å². The molecule has 1 N–H and O–H groups in total. The van der Waals surface area contributed by atoms with Gasteiger partial charge in [0.15, 0.2) is 6.61 Å². The molecule has 0 aliphatic rings. The molecular weight excluding hydrogens is 222 g/mol. The number of nitrogens with zero attached hydrogens (tertiary/aromatic N) is 2. The first-order valence-corrected chi connectivity index (χ1v) is 4.73. The van der Waals surface area contributed by atoms with E-state index < -0.39 is 6.09 Å². The SMILES string of the molecule is COC(=O)N/N=C\c1ccc(OCC#N)cc1. The molecule has 0 fully saturated rings. The lowest BCUT2D eigenvalue weighted by atomic mass is 10.2. The Hall–Kier alpha value is -2.55. The van der Waals surface area contributed by atoms with Gasteiger partial charge in [0, 0.05) is 0 Å². The van der Waals surface area contributed by atoms with E-state index in [0.29, 0.717) is 5.75 Å². The lowest BCUT2D eigenvalue weighted by Gasteiger charge is -2.01. The monoisotopic (exact) mass is 233 g/mol. The van der Waals surface area contributed by atoms with Gasteiger partial charge in [-0.25, -0.2) is 10.2 Å². The Labute approximate surface area is 98.5 Å². The van der Waals surface area contributed by atoms with Crippen molar-refractivity contribution in [1.82, 2.24) is 5.43 Å². The van der Waals surface area contributed by atoms with Crippen LogP contribution in [0.2, 0.25) is 0 Å². The number of nitriles is 1. The first-order chi connectivity index (χ1) is 8.26. The Morgan fingerprint density at radius 2 is 2.24 bits per heavy atom. The summed E-state index contributed by atoms with van der Waals surface area (Å²) < 4.78 is 9.41. The number of methoxy groups -OCH3 is 1. The van der Waals surface area contributed by atoms with Crippen LogP contribution in [-0.4, -0.2) is 26.0 Å². The highest BCUT2D eigenvalue weighted by molar-refractivity contribution is 5.80. The second-order valence-electron chi connectivity index (χ2n) is 2.88. The van der Waals surface area contributed by atoms with Crippen LogP contribution in [0.1, 0.15) is 5.56 Å². The Kier molecular flexibility index (Phi) is 5.04. The largest absolute Gasteiger partial charge is 0.479 e. The number of hydrogen-bond donors (Lipinski definition) is 1. The highest BCUT2D eigenvalue weighted by atomic mass is 16.5. The van der Waals surface area contributed by atoms with Gasteiger partial charge in [-0.05, 0) is 29.8 Å². The highest BCUT2D eigenvalue weighted by Crippen LogP contribution is 2.10. The third-order valence-electron chi connectivity index (χ3n) is 1.74. The van der Waals surface area contributed by atoms with Crippen LogP contribution in [0.25, 0.3) is 0 Å². The standard InChI is InChI=1S/C11H11N3O3/c1-16-11(15)14-13-8-9-2-4-10(5-3-9)17-7-6-12/h2-5,8H,7H2,1H3,(H,14,15)/b13-8-. The van der Waals surface area contributed by atoms with Crippen LogP contribution in [0.3, 0.4) is 0 Å². The minimum absolute atomic E-state index is 0.0112. The van der Waals surface area contributed by atoms with Crippen molar-refractivity contribution in [2.24, 2.45) is 5.10 Å². The summed E-state index contributed by atoms with van der Waals surface area (Å²) in [6, 6.07) is 8.77. The molecule has 0 spiro atoms. The van der Waals surface area contributed by atoms with Gasteiger partial charge in [-0.3, -0.25) is 0 Å². The minimum Gasteiger partial charge on any atom is -0.479 e. The number of amides is 1. The number of benzene rings is 1. The maximum atomic E-state index is 10.7. The molecule has 1 amide bonds. The summed E-state index contributed by atoms with van der Waals surface area (Å²) in [6.45, 7) is 0.0112. The van der Waals surface area contributed by atoms with E-state index in [1.54, 1.807) is 24.3 Å². The van der Waals surface area contributed by atoms with Crippen molar-refractivity contribution in [3.05, 3.63) is 29.8 Å². The average molecular weight is 233 g/mol. The smallest absolute Gasteiger partial charge is 0.427 e. The Morgan fingerprint density at radius 1 is 1.53 bits per heavy atom. The summed E-state index contributed by atoms with van der Waals surface area (Å²) in [7, 11) is 1.26. The molecule has 6 heteroatoms. The highest BCUT2D eigenvalue weighted by Gasteiger charge is 1.94. The fourth-order valence-electron chi connectivity index (χ4n) is 0.971. The molecule has 0 bridgehead atoms. The number of carbonyl (C=O) groups is 1. The number of ether oxygens (including phenoxy) is 2. The summed E-state index contributed by atoms with van der Waals surface area (Å²) in [5.74, 6) is 0.602. The molecule has 0 atom stereocenters. The molecule has 0 unspecified atom stereocenters. The number of hydrogen-bond acceptors (Lipinski definition) is 5. The lowest BCUT2D eigenvalue weighted by Crippen LogP contribution is -2.16. The van der Waals surface area contributed by atoms with E-state index in [2.05, 4.69) is 15.3 Å². The average Bonchev–Trinajstić information content (AvgIpc) is 2.37. The molecule has 0 aromatic heterocycles. The summed E-state index contributed by atoms with van der Waals surface area (Å²) >= 11 is 0. The van der Waals surface area contributed by atoms with Gasteiger partial charge in [0.1, 0.15) is 11.8 Å². The quantitative estimate of drug-likeness (QED) is 0.627. The predicted octanol–water partition coefficient (Wildman–Crippen LogP) is 1.28. The van der Waals surface area contributed by atoms with Crippen molar-refractivity contribution < 1.29 is 14.3 Å². The Bertz CT molecular complexity index is 434. The van der Waals surface area contributed by atoms with Crippen LogP contribution < -0.4 is 10.2 Å². The fraction of sp³-hybridized carbons (Fsp3) is 0.182. The molecule has 88 valence electrons. The van der Waals surface area contributed by atoms with Gasteiger partial charge in [-0.1, -0.05) is 0 Å². The van der Waals surface area contributed by atoms with Crippen molar-refractivity contribution in [3.8, 4) is 11.8 Å². The first-order valence-electron chi connectivity index (χ1n) is 4.73. The molecule has 6 nitrogen and oxygen atoms in total. The maximum absolute atomic E-state index is 10.7. The molecule has 1 aromatic carbocycles. The Balaban J connectivity index is 2.50. The summed E-state index contributed by atoms with van der Waals surface area (Å²) in [4.78, 5) is 10.7. The fourth-order valence-corrected chi connectivity index (χ4v) is 0.971. The van der Waals surface area contributed by atoms with E-state index in [1.165, 1.54) is 13.3 Å². The second-order valence-corrected chi connectivity index (χ2v) is 2.88. The van der Waals surface area contributed by atoms with Crippen LogP contribution in [-0.2, 0) is 4.74 Å². The van der Waals surface area contributed by atoms with Crippen LogP contribution in [0.4, 0.5) is 4.79 Å². The molecule has 0 aliphatic heterocycles. The number of nitrogens with one attached hydrogen (secondary N) is 1. The third kappa shape index (κ3) is 4.66. The molecule has 0 radical (unpaired) electrons. The van der Waals surface area contributed by atoms with Crippen molar-refractivity contribution in [1.29, 1.82) is 5.26 Å². The maximum Gasteiger partial charge on any atom is 0.427 e. The van der Waals surface area contributed by atoms with E-state index in [9.17, 15) is 4.79 Å². The molecule has 0 saturated heterocycles. The summed E-state index contributed by atoms with van der Waals surface area (Å²) in [6.07, 6.45) is 0.834.